The van der Waals surface area contributed by atoms with E-state index >= 15 is 0 Å². The molecular formula is C12H13ClN4. The van der Waals surface area contributed by atoms with Crippen molar-refractivity contribution in [3.63, 3.8) is 0 Å². The lowest BCUT2D eigenvalue weighted by atomic mass is 10.2. The van der Waals surface area contributed by atoms with Crippen molar-refractivity contribution >= 4 is 17.4 Å². The largest absolute Gasteiger partial charge is 0.357 e. The van der Waals surface area contributed by atoms with Crippen LogP contribution in [0.2, 0.25) is 5.15 Å². The van der Waals surface area contributed by atoms with Gasteiger partial charge < -0.3 is 4.90 Å². The monoisotopic (exact) mass is 248 g/mol. The summed E-state index contributed by atoms with van der Waals surface area (Å²) in [6.07, 6.45) is 5.87. The van der Waals surface area contributed by atoms with Gasteiger partial charge in [-0.15, -0.1) is 0 Å². The van der Waals surface area contributed by atoms with Gasteiger partial charge in [-0.25, -0.2) is 9.97 Å². The maximum Gasteiger partial charge on any atom is 0.171 e. The Morgan fingerprint density at radius 1 is 1.12 bits per heavy atom. The second kappa shape index (κ2) is 5.59. The number of halogens is 1. The first kappa shape index (κ1) is 11.8. The highest BCUT2D eigenvalue weighted by Gasteiger charge is 2.07. The molecular weight excluding hydrogens is 236 g/mol. The van der Waals surface area contributed by atoms with Gasteiger partial charge in [-0.1, -0.05) is 17.7 Å². The Hall–Kier alpha value is -1.68. The maximum absolute atomic E-state index is 5.97. The van der Waals surface area contributed by atoms with Crippen LogP contribution in [0.15, 0.2) is 36.8 Å². The van der Waals surface area contributed by atoms with E-state index in [1.807, 2.05) is 30.1 Å². The summed E-state index contributed by atoms with van der Waals surface area (Å²) in [7, 11) is 1.94. The molecule has 0 bridgehead atoms. The maximum atomic E-state index is 5.97. The van der Waals surface area contributed by atoms with Crippen molar-refractivity contribution in [1.29, 1.82) is 0 Å². The van der Waals surface area contributed by atoms with Crippen molar-refractivity contribution < 1.29 is 0 Å². The smallest absolute Gasteiger partial charge is 0.171 e. The molecule has 0 atom stereocenters. The molecule has 2 aromatic heterocycles. The number of pyridine rings is 1. The number of likely N-dealkylation sites (N-methyl/N-ethyl adjacent to an activating group) is 1. The first-order valence-electron chi connectivity index (χ1n) is 5.35. The van der Waals surface area contributed by atoms with Gasteiger partial charge >= 0.3 is 0 Å². The van der Waals surface area contributed by atoms with Crippen molar-refractivity contribution in [3.8, 4) is 0 Å². The van der Waals surface area contributed by atoms with E-state index in [4.69, 9.17) is 11.6 Å². The van der Waals surface area contributed by atoms with Crippen molar-refractivity contribution in [3.05, 3.63) is 47.6 Å². The Morgan fingerprint density at radius 3 is 2.65 bits per heavy atom. The van der Waals surface area contributed by atoms with Crippen LogP contribution in [0.3, 0.4) is 0 Å². The molecule has 0 unspecified atom stereocenters. The molecule has 0 aliphatic carbocycles. The van der Waals surface area contributed by atoms with E-state index in [1.165, 1.54) is 0 Å². The Balaban J connectivity index is 1.99. The molecule has 0 spiro atoms. The van der Waals surface area contributed by atoms with Gasteiger partial charge in [-0.2, -0.15) is 0 Å². The molecule has 0 saturated heterocycles. The van der Waals surface area contributed by atoms with Gasteiger partial charge in [0.15, 0.2) is 11.0 Å². The molecule has 0 radical (unpaired) electrons. The minimum Gasteiger partial charge on any atom is -0.357 e. The van der Waals surface area contributed by atoms with E-state index in [9.17, 15) is 0 Å². The van der Waals surface area contributed by atoms with Crippen LogP contribution in [0, 0.1) is 0 Å². The minimum absolute atomic E-state index is 0.427. The lowest BCUT2D eigenvalue weighted by Crippen LogP contribution is -2.22. The third-order valence-electron chi connectivity index (χ3n) is 2.43. The molecule has 5 heteroatoms. The highest BCUT2D eigenvalue weighted by Crippen LogP contribution is 2.18. The lowest BCUT2D eigenvalue weighted by Gasteiger charge is -2.18. The van der Waals surface area contributed by atoms with E-state index in [2.05, 4.69) is 15.0 Å². The van der Waals surface area contributed by atoms with Crippen LogP contribution in [-0.2, 0) is 6.42 Å². The van der Waals surface area contributed by atoms with Crippen LogP contribution in [0.5, 0.6) is 0 Å². The van der Waals surface area contributed by atoms with Crippen LogP contribution < -0.4 is 4.90 Å². The highest BCUT2D eigenvalue weighted by atomic mass is 35.5. The zero-order chi connectivity index (χ0) is 12.1. The topological polar surface area (TPSA) is 41.9 Å². The summed E-state index contributed by atoms with van der Waals surface area (Å²) in [4.78, 5) is 14.4. The summed E-state index contributed by atoms with van der Waals surface area (Å²) in [6, 6.07) is 5.90. The highest BCUT2D eigenvalue weighted by molar-refractivity contribution is 6.31. The Labute approximate surface area is 105 Å². The fraction of sp³-hybridized carbons (Fsp3) is 0.250. The van der Waals surface area contributed by atoms with Crippen LogP contribution in [0.4, 0.5) is 5.82 Å². The summed E-state index contributed by atoms with van der Waals surface area (Å²) in [5, 5.41) is 0.427. The van der Waals surface area contributed by atoms with Gasteiger partial charge in [0.2, 0.25) is 0 Å². The average Bonchev–Trinajstić information content (AvgIpc) is 2.38. The lowest BCUT2D eigenvalue weighted by molar-refractivity contribution is 0.835. The molecule has 17 heavy (non-hydrogen) atoms. The average molecular weight is 249 g/mol. The molecule has 4 nitrogen and oxygen atoms in total. The molecule has 0 fully saturated rings. The fourth-order valence-corrected chi connectivity index (χ4v) is 1.75. The molecule has 0 aliphatic heterocycles. The van der Waals surface area contributed by atoms with Gasteiger partial charge in [0.05, 0.1) is 0 Å². The van der Waals surface area contributed by atoms with E-state index in [-0.39, 0.29) is 0 Å². The molecule has 2 heterocycles. The number of rotatable bonds is 4. The van der Waals surface area contributed by atoms with Crippen molar-refractivity contribution in [2.45, 2.75) is 6.42 Å². The van der Waals surface area contributed by atoms with E-state index in [0.29, 0.717) is 11.0 Å². The molecule has 0 aliphatic rings. The second-order valence-electron chi connectivity index (χ2n) is 3.66. The van der Waals surface area contributed by atoms with Gasteiger partial charge in [-0.05, 0) is 12.1 Å². The molecule has 2 rings (SSSR count). The van der Waals surface area contributed by atoms with Gasteiger partial charge in [0.25, 0.3) is 0 Å². The SMILES string of the molecule is CN(CCc1ccccn1)c1nccnc1Cl. The van der Waals surface area contributed by atoms with Gasteiger partial charge in [0.1, 0.15) is 0 Å². The molecule has 0 aromatic carbocycles. The zero-order valence-electron chi connectivity index (χ0n) is 9.55. The normalized spacial score (nSPS) is 10.2. The van der Waals surface area contributed by atoms with E-state index in [1.54, 1.807) is 18.6 Å². The standard InChI is InChI=1S/C12H13ClN4/c1-17(12-11(13)15-7-8-16-12)9-5-10-4-2-3-6-14-10/h2-4,6-8H,5,9H2,1H3. The summed E-state index contributed by atoms with van der Waals surface area (Å²) >= 11 is 5.97. The Kier molecular flexibility index (Phi) is 3.88. The summed E-state index contributed by atoms with van der Waals surface area (Å²) in [5.74, 6) is 0.699. The minimum atomic E-state index is 0.427. The third-order valence-corrected chi connectivity index (χ3v) is 2.69. The van der Waals surface area contributed by atoms with Gasteiger partial charge in [-0.3, -0.25) is 4.98 Å². The van der Waals surface area contributed by atoms with Crippen molar-refractivity contribution in [1.82, 2.24) is 15.0 Å². The molecule has 0 amide bonds. The molecule has 0 N–H and O–H groups in total. The van der Waals surface area contributed by atoms with Crippen LogP contribution in [0.1, 0.15) is 5.69 Å². The number of hydrogen-bond donors (Lipinski definition) is 0. The van der Waals surface area contributed by atoms with Crippen LogP contribution >= 0.6 is 11.6 Å². The quantitative estimate of drug-likeness (QED) is 0.832. The van der Waals surface area contributed by atoms with E-state index < -0.39 is 0 Å². The van der Waals surface area contributed by atoms with Crippen molar-refractivity contribution in [2.75, 3.05) is 18.5 Å². The fourth-order valence-electron chi connectivity index (χ4n) is 1.50. The predicted octanol–water partition coefficient (Wildman–Crippen LogP) is 2.20. The molecule has 2 aromatic rings. The Bertz CT molecular complexity index is 475. The Morgan fingerprint density at radius 2 is 1.94 bits per heavy atom. The number of nitrogens with zero attached hydrogens (tertiary/aromatic N) is 4. The van der Waals surface area contributed by atoms with Crippen LogP contribution in [-0.4, -0.2) is 28.5 Å². The summed E-state index contributed by atoms with van der Waals surface area (Å²) in [5.41, 5.74) is 1.05. The molecule has 0 saturated carbocycles. The van der Waals surface area contributed by atoms with Crippen LogP contribution in [0.25, 0.3) is 0 Å². The van der Waals surface area contributed by atoms with E-state index in [0.717, 1.165) is 18.7 Å². The summed E-state index contributed by atoms with van der Waals surface area (Å²) < 4.78 is 0. The first-order chi connectivity index (χ1) is 8.27. The predicted molar refractivity (Wildman–Crippen MR) is 68.3 cm³/mol. The zero-order valence-corrected chi connectivity index (χ0v) is 10.3. The number of anilines is 1. The number of hydrogen-bond acceptors (Lipinski definition) is 4. The summed E-state index contributed by atoms with van der Waals surface area (Å²) in [6.45, 7) is 0.801. The first-order valence-corrected chi connectivity index (χ1v) is 5.72. The third kappa shape index (κ3) is 3.14. The second-order valence-corrected chi connectivity index (χ2v) is 4.02. The van der Waals surface area contributed by atoms with Gasteiger partial charge in [0, 0.05) is 44.3 Å². The van der Waals surface area contributed by atoms with Crippen molar-refractivity contribution in [2.24, 2.45) is 0 Å². The molecule has 88 valence electrons. The number of aromatic nitrogens is 3.